The van der Waals surface area contributed by atoms with Gasteiger partial charge < -0.3 is 4.74 Å². The van der Waals surface area contributed by atoms with E-state index in [1.807, 2.05) is 18.2 Å². The topological polar surface area (TPSA) is 39.2 Å². The molecule has 0 fully saturated rings. The highest BCUT2D eigenvalue weighted by Gasteiger charge is 2.23. The number of aromatic nitrogens is 1. The molecule has 0 bridgehead atoms. The average molecular weight is 305 g/mol. The van der Waals surface area contributed by atoms with Crippen LogP contribution >= 0.6 is 0 Å². The third kappa shape index (κ3) is 7.58. The van der Waals surface area contributed by atoms with Gasteiger partial charge in [0.1, 0.15) is 6.61 Å². The molecule has 0 aromatic carbocycles. The Hall–Kier alpha value is -1.38. The number of carbonyl (C=O) groups excluding carboxylic acids is 1. The number of esters is 1. The van der Waals surface area contributed by atoms with Crippen LogP contribution in [0.25, 0.3) is 0 Å². The molecular weight excluding hydrogens is 274 g/mol. The molecule has 22 heavy (non-hydrogen) atoms. The van der Waals surface area contributed by atoms with Crippen LogP contribution in [0.2, 0.25) is 0 Å². The van der Waals surface area contributed by atoms with E-state index < -0.39 is 0 Å². The molecule has 1 aromatic rings. The Balaban J connectivity index is 2.40. The first-order valence-corrected chi connectivity index (χ1v) is 8.36. The maximum atomic E-state index is 12.3. The van der Waals surface area contributed by atoms with Crippen molar-refractivity contribution >= 4 is 5.97 Å². The zero-order chi connectivity index (χ0) is 16.6. The Morgan fingerprint density at radius 3 is 2.50 bits per heavy atom. The number of hydrogen-bond acceptors (Lipinski definition) is 3. The molecule has 124 valence electrons. The Bertz CT molecular complexity index is 434. The van der Waals surface area contributed by atoms with E-state index in [0.29, 0.717) is 11.3 Å². The number of ether oxygens (including phenoxy) is 1. The molecule has 3 heteroatoms. The second-order valence-electron chi connectivity index (χ2n) is 7.59. The minimum Gasteiger partial charge on any atom is -0.459 e. The summed E-state index contributed by atoms with van der Waals surface area (Å²) < 4.78 is 5.45. The summed E-state index contributed by atoms with van der Waals surface area (Å²) in [4.78, 5) is 16.5. The van der Waals surface area contributed by atoms with Gasteiger partial charge in [0.15, 0.2) is 0 Å². The summed E-state index contributed by atoms with van der Waals surface area (Å²) in [6, 6.07) is 5.64. The first kappa shape index (κ1) is 18.7. The number of carbonyl (C=O) groups is 1. The van der Waals surface area contributed by atoms with Crippen LogP contribution in [-0.2, 0) is 16.1 Å². The average Bonchev–Trinajstić information content (AvgIpc) is 2.44. The third-order valence-electron chi connectivity index (χ3n) is 3.89. The molecule has 0 aliphatic rings. The predicted molar refractivity (Wildman–Crippen MR) is 90.3 cm³/mol. The lowest BCUT2D eigenvalue weighted by Gasteiger charge is -2.21. The molecule has 0 saturated carbocycles. The van der Waals surface area contributed by atoms with E-state index in [4.69, 9.17) is 4.74 Å². The monoisotopic (exact) mass is 305 g/mol. The van der Waals surface area contributed by atoms with Gasteiger partial charge in [0, 0.05) is 6.20 Å². The van der Waals surface area contributed by atoms with Gasteiger partial charge in [-0.3, -0.25) is 9.78 Å². The van der Waals surface area contributed by atoms with Crippen LogP contribution in [0.1, 0.15) is 66.0 Å². The van der Waals surface area contributed by atoms with E-state index in [1.54, 1.807) is 6.20 Å². The fourth-order valence-corrected chi connectivity index (χ4v) is 2.48. The first-order valence-electron chi connectivity index (χ1n) is 8.36. The SMILES string of the molecule is CC(C)C(CCCCC(C)(C)C)C(=O)OCc1ccccn1. The molecular formula is C19H31NO2. The predicted octanol–water partition coefficient (Wildman–Crippen LogP) is 5.00. The zero-order valence-corrected chi connectivity index (χ0v) is 14.8. The van der Waals surface area contributed by atoms with Crippen molar-refractivity contribution in [2.45, 2.75) is 66.9 Å². The molecule has 1 aromatic heterocycles. The van der Waals surface area contributed by atoms with E-state index in [2.05, 4.69) is 39.6 Å². The molecule has 0 amide bonds. The summed E-state index contributed by atoms with van der Waals surface area (Å²) in [5.74, 6) is 0.214. The summed E-state index contributed by atoms with van der Waals surface area (Å²) >= 11 is 0. The number of rotatable bonds is 8. The van der Waals surface area contributed by atoms with Crippen molar-refractivity contribution in [2.24, 2.45) is 17.3 Å². The second-order valence-corrected chi connectivity index (χ2v) is 7.59. The van der Waals surface area contributed by atoms with E-state index in [-0.39, 0.29) is 18.5 Å². The van der Waals surface area contributed by atoms with Crippen molar-refractivity contribution in [3.63, 3.8) is 0 Å². The van der Waals surface area contributed by atoms with Gasteiger partial charge in [-0.2, -0.15) is 0 Å². The number of pyridine rings is 1. The normalized spacial score (nSPS) is 13.2. The molecule has 0 aliphatic carbocycles. The van der Waals surface area contributed by atoms with Crippen LogP contribution in [0, 0.1) is 17.3 Å². The van der Waals surface area contributed by atoms with E-state index >= 15 is 0 Å². The lowest BCUT2D eigenvalue weighted by atomic mass is 9.86. The third-order valence-corrected chi connectivity index (χ3v) is 3.89. The van der Waals surface area contributed by atoms with Gasteiger partial charge in [-0.15, -0.1) is 0 Å². The Kier molecular flexibility index (Phi) is 7.57. The fourth-order valence-electron chi connectivity index (χ4n) is 2.48. The Morgan fingerprint density at radius 1 is 1.23 bits per heavy atom. The van der Waals surface area contributed by atoms with Gasteiger partial charge in [-0.25, -0.2) is 0 Å². The second kappa shape index (κ2) is 8.92. The largest absolute Gasteiger partial charge is 0.459 e. The van der Waals surface area contributed by atoms with E-state index in [0.717, 1.165) is 18.5 Å². The van der Waals surface area contributed by atoms with E-state index in [1.165, 1.54) is 12.8 Å². The summed E-state index contributed by atoms with van der Waals surface area (Å²) in [5.41, 5.74) is 1.17. The van der Waals surface area contributed by atoms with Gasteiger partial charge in [-0.1, -0.05) is 53.5 Å². The molecule has 1 heterocycles. The van der Waals surface area contributed by atoms with Crippen LogP contribution < -0.4 is 0 Å². The fraction of sp³-hybridized carbons (Fsp3) is 0.684. The lowest BCUT2D eigenvalue weighted by molar-refractivity contribution is -0.152. The highest BCUT2D eigenvalue weighted by molar-refractivity contribution is 5.72. The quantitative estimate of drug-likeness (QED) is 0.501. The van der Waals surface area contributed by atoms with Crippen LogP contribution in [0.3, 0.4) is 0 Å². The molecule has 0 radical (unpaired) electrons. The lowest BCUT2D eigenvalue weighted by Crippen LogP contribution is -2.23. The van der Waals surface area contributed by atoms with Crippen LogP contribution in [0.5, 0.6) is 0 Å². The molecule has 1 atom stereocenters. The molecule has 1 unspecified atom stereocenters. The van der Waals surface area contributed by atoms with Gasteiger partial charge in [0.2, 0.25) is 0 Å². The van der Waals surface area contributed by atoms with Crippen molar-refractivity contribution in [3.8, 4) is 0 Å². The standard InChI is InChI=1S/C19H31NO2/c1-15(2)17(11-6-8-12-19(3,4)5)18(21)22-14-16-10-7-9-13-20-16/h7,9-10,13,15,17H,6,8,11-12,14H2,1-5H3. The summed E-state index contributed by atoms with van der Waals surface area (Å²) in [6.45, 7) is 11.2. The minimum atomic E-state index is -0.0867. The van der Waals surface area contributed by atoms with Gasteiger partial charge in [0.25, 0.3) is 0 Å². The highest BCUT2D eigenvalue weighted by Crippen LogP contribution is 2.25. The van der Waals surface area contributed by atoms with Crippen LogP contribution in [0.4, 0.5) is 0 Å². The molecule has 1 rings (SSSR count). The maximum Gasteiger partial charge on any atom is 0.309 e. The number of hydrogen-bond donors (Lipinski definition) is 0. The number of nitrogens with zero attached hydrogens (tertiary/aromatic N) is 1. The smallest absolute Gasteiger partial charge is 0.309 e. The summed E-state index contributed by atoms with van der Waals surface area (Å²) in [7, 11) is 0. The number of unbranched alkanes of at least 4 members (excludes halogenated alkanes) is 1. The summed E-state index contributed by atoms with van der Waals surface area (Å²) in [6.07, 6.45) is 6.07. The van der Waals surface area contributed by atoms with E-state index in [9.17, 15) is 4.79 Å². The van der Waals surface area contributed by atoms with Crippen LogP contribution in [0.15, 0.2) is 24.4 Å². The Labute approximate surface area is 135 Å². The molecule has 0 spiro atoms. The van der Waals surface area contributed by atoms with Crippen molar-refractivity contribution in [2.75, 3.05) is 0 Å². The van der Waals surface area contributed by atoms with Crippen LogP contribution in [-0.4, -0.2) is 11.0 Å². The Morgan fingerprint density at radius 2 is 1.95 bits per heavy atom. The van der Waals surface area contributed by atoms with Crippen molar-refractivity contribution in [3.05, 3.63) is 30.1 Å². The van der Waals surface area contributed by atoms with Gasteiger partial charge >= 0.3 is 5.97 Å². The van der Waals surface area contributed by atoms with Gasteiger partial charge in [0.05, 0.1) is 11.6 Å². The minimum absolute atomic E-state index is 0.0105. The van der Waals surface area contributed by atoms with Crippen molar-refractivity contribution in [1.29, 1.82) is 0 Å². The molecule has 3 nitrogen and oxygen atoms in total. The highest BCUT2D eigenvalue weighted by atomic mass is 16.5. The molecule has 0 N–H and O–H groups in total. The van der Waals surface area contributed by atoms with Gasteiger partial charge in [-0.05, 0) is 36.3 Å². The van der Waals surface area contributed by atoms with Crippen molar-refractivity contribution < 1.29 is 9.53 Å². The maximum absolute atomic E-state index is 12.3. The molecule has 0 saturated heterocycles. The summed E-state index contributed by atoms with van der Waals surface area (Å²) in [5, 5.41) is 0. The first-order chi connectivity index (χ1) is 10.3. The molecule has 0 aliphatic heterocycles. The zero-order valence-electron chi connectivity index (χ0n) is 14.8. The van der Waals surface area contributed by atoms with Crippen molar-refractivity contribution in [1.82, 2.24) is 4.98 Å².